The van der Waals surface area contributed by atoms with E-state index in [9.17, 15) is 9.59 Å². The minimum Gasteiger partial charge on any atom is -0.451 e. The highest BCUT2D eigenvalue weighted by atomic mass is 35.5. The zero-order valence-electron chi connectivity index (χ0n) is 14.0. The average Bonchev–Trinajstić information content (AvgIpc) is 3.11. The molecule has 0 radical (unpaired) electrons. The molecule has 2 heterocycles. The molecule has 1 aliphatic heterocycles. The van der Waals surface area contributed by atoms with E-state index in [4.69, 9.17) is 16.0 Å². The van der Waals surface area contributed by atoms with Gasteiger partial charge in [0, 0.05) is 42.2 Å². The lowest BCUT2D eigenvalue weighted by atomic mass is 10.2. The number of carbonyl (C=O) groups is 2. The number of carbonyl (C=O) groups excluding carboxylic acids is 2. The minimum atomic E-state index is -0.163. The molecule has 5 nitrogen and oxygen atoms in total. The molecule has 132 valence electrons. The van der Waals surface area contributed by atoms with Crippen LogP contribution in [-0.4, -0.2) is 47.8 Å². The molecule has 1 saturated heterocycles. The van der Waals surface area contributed by atoms with Crippen molar-refractivity contribution in [3.8, 4) is 0 Å². The molecule has 0 saturated carbocycles. The Hall–Kier alpha value is -2.79. The van der Waals surface area contributed by atoms with E-state index < -0.39 is 0 Å². The summed E-state index contributed by atoms with van der Waals surface area (Å²) < 4.78 is 5.65. The molecule has 0 N–H and O–H groups in total. The fourth-order valence-corrected chi connectivity index (χ4v) is 3.33. The molecule has 3 aromatic rings. The maximum Gasteiger partial charge on any atom is 0.289 e. The third-order valence-corrected chi connectivity index (χ3v) is 4.80. The molecule has 0 unspecified atom stereocenters. The molecule has 1 aromatic heterocycles. The lowest BCUT2D eigenvalue weighted by Crippen LogP contribution is -2.50. The van der Waals surface area contributed by atoms with Crippen molar-refractivity contribution in [1.82, 2.24) is 9.80 Å². The molecule has 0 bridgehead atoms. The van der Waals surface area contributed by atoms with Crippen LogP contribution in [0.5, 0.6) is 0 Å². The highest BCUT2D eigenvalue weighted by Gasteiger charge is 2.27. The smallest absolute Gasteiger partial charge is 0.289 e. The monoisotopic (exact) mass is 368 g/mol. The molecule has 0 atom stereocenters. The number of hydrogen-bond donors (Lipinski definition) is 0. The second kappa shape index (κ2) is 6.84. The Morgan fingerprint density at radius 2 is 1.50 bits per heavy atom. The average molecular weight is 369 g/mol. The number of hydrogen-bond acceptors (Lipinski definition) is 3. The van der Waals surface area contributed by atoms with Crippen LogP contribution in [0.15, 0.2) is 59.0 Å². The van der Waals surface area contributed by atoms with Crippen molar-refractivity contribution in [2.75, 3.05) is 26.2 Å². The van der Waals surface area contributed by atoms with Gasteiger partial charge in [-0.15, -0.1) is 0 Å². The first-order valence-corrected chi connectivity index (χ1v) is 8.82. The summed E-state index contributed by atoms with van der Waals surface area (Å²) in [5, 5.41) is 1.41. The van der Waals surface area contributed by atoms with E-state index in [0.29, 0.717) is 48.1 Å². The Kier molecular flexibility index (Phi) is 4.39. The van der Waals surface area contributed by atoms with Crippen molar-refractivity contribution in [3.63, 3.8) is 0 Å². The molecule has 26 heavy (non-hydrogen) atoms. The molecule has 6 heteroatoms. The van der Waals surface area contributed by atoms with Gasteiger partial charge in [-0.25, -0.2) is 0 Å². The fourth-order valence-electron chi connectivity index (χ4n) is 3.15. The summed E-state index contributed by atoms with van der Waals surface area (Å²) >= 11 is 5.98. The molecular formula is C20H17ClN2O3. The summed E-state index contributed by atoms with van der Waals surface area (Å²) in [6, 6.07) is 16.2. The largest absolute Gasteiger partial charge is 0.451 e. The Morgan fingerprint density at radius 3 is 2.19 bits per heavy atom. The van der Waals surface area contributed by atoms with Crippen LogP contribution in [0.25, 0.3) is 11.0 Å². The topological polar surface area (TPSA) is 53.8 Å². The molecule has 2 amide bonds. The van der Waals surface area contributed by atoms with Gasteiger partial charge in [0.15, 0.2) is 5.76 Å². The van der Waals surface area contributed by atoms with Gasteiger partial charge in [-0.1, -0.05) is 29.8 Å². The van der Waals surface area contributed by atoms with Gasteiger partial charge in [0.1, 0.15) is 5.58 Å². The van der Waals surface area contributed by atoms with Gasteiger partial charge in [0.05, 0.1) is 0 Å². The number of benzene rings is 2. The standard InChI is InChI=1S/C20H17ClN2O3/c21-16-6-7-17-15(12-16)13-18(26-17)20(25)23-10-8-22(9-11-23)19(24)14-4-2-1-3-5-14/h1-7,12-13H,8-11H2. The zero-order chi connectivity index (χ0) is 18.1. The maximum atomic E-state index is 12.7. The van der Waals surface area contributed by atoms with E-state index in [-0.39, 0.29) is 11.8 Å². The maximum absolute atomic E-state index is 12.7. The fraction of sp³-hybridized carbons (Fsp3) is 0.200. The highest BCUT2D eigenvalue weighted by molar-refractivity contribution is 6.31. The number of rotatable bonds is 2. The number of amides is 2. The quantitative estimate of drug-likeness (QED) is 0.693. The molecule has 0 spiro atoms. The first kappa shape index (κ1) is 16.7. The summed E-state index contributed by atoms with van der Waals surface area (Å²) in [4.78, 5) is 28.7. The van der Waals surface area contributed by atoms with Crippen LogP contribution in [0.2, 0.25) is 5.02 Å². The van der Waals surface area contributed by atoms with Crippen LogP contribution in [-0.2, 0) is 0 Å². The Bertz CT molecular complexity index is 960. The lowest BCUT2D eigenvalue weighted by molar-refractivity contribution is 0.0519. The van der Waals surface area contributed by atoms with Crippen molar-refractivity contribution in [1.29, 1.82) is 0 Å². The molecule has 4 rings (SSSR count). The van der Waals surface area contributed by atoms with E-state index in [0.717, 1.165) is 5.39 Å². The Labute approximate surface area is 155 Å². The number of nitrogens with zero attached hydrogens (tertiary/aromatic N) is 2. The molecule has 1 fully saturated rings. The summed E-state index contributed by atoms with van der Waals surface area (Å²) in [6.07, 6.45) is 0. The van der Waals surface area contributed by atoms with Crippen LogP contribution in [0.1, 0.15) is 20.9 Å². The SMILES string of the molecule is O=C(c1ccccc1)N1CCN(C(=O)c2cc3cc(Cl)ccc3o2)CC1. The van der Waals surface area contributed by atoms with Gasteiger partial charge in [0.25, 0.3) is 11.8 Å². The summed E-state index contributed by atoms with van der Waals surface area (Å²) in [7, 11) is 0. The van der Waals surface area contributed by atoms with Crippen LogP contribution >= 0.6 is 11.6 Å². The minimum absolute atomic E-state index is 0.00363. The van der Waals surface area contributed by atoms with Gasteiger partial charge in [-0.3, -0.25) is 9.59 Å². The number of fused-ring (bicyclic) bond motifs is 1. The van der Waals surface area contributed by atoms with Crippen molar-refractivity contribution in [3.05, 3.63) is 70.9 Å². The normalized spacial score (nSPS) is 14.7. The van der Waals surface area contributed by atoms with Crippen molar-refractivity contribution in [2.45, 2.75) is 0 Å². The molecule has 2 aromatic carbocycles. The molecular weight excluding hydrogens is 352 g/mol. The van der Waals surface area contributed by atoms with Gasteiger partial charge >= 0.3 is 0 Å². The number of piperazine rings is 1. The highest BCUT2D eigenvalue weighted by Crippen LogP contribution is 2.24. The van der Waals surface area contributed by atoms with Gasteiger partial charge in [0.2, 0.25) is 0 Å². The van der Waals surface area contributed by atoms with Crippen LogP contribution < -0.4 is 0 Å². The van der Waals surface area contributed by atoms with Gasteiger partial charge < -0.3 is 14.2 Å². The number of halogens is 1. The van der Waals surface area contributed by atoms with E-state index in [2.05, 4.69) is 0 Å². The summed E-state index contributed by atoms with van der Waals surface area (Å²) in [5.74, 6) is 0.130. The van der Waals surface area contributed by atoms with E-state index in [1.54, 1.807) is 46.2 Å². The van der Waals surface area contributed by atoms with Crippen molar-refractivity contribution >= 4 is 34.4 Å². The third kappa shape index (κ3) is 3.18. The van der Waals surface area contributed by atoms with Crippen molar-refractivity contribution in [2.24, 2.45) is 0 Å². The van der Waals surface area contributed by atoms with Crippen molar-refractivity contribution < 1.29 is 14.0 Å². The van der Waals surface area contributed by atoms with Gasteiger partial charge in [-0.05, 0) is 36.4 Å². The van der Waals surface area contributed by atoms with Gasteiger partial charge in [-0.2, -0.15) is 0 Å². The summed E-state index contributed by atoms with van der Waals surface area (Å²) in [6.45, 7) is 1.97. The third-order valence-electron chi connectivity index (χ3n) is 4.56. The molecule has 1 aliphatic rings. The van der Waals surface area contributed by atoms with E-state index in [1.165, 1.54) is 0 Å². The van der Waals surface area contributed by atoms with Crippen LogP contribution in [0.3, 0.4) is 0 Å². The first-order valence-electron chi connectivity index (χ1n) is 8.44. The lowest BCUT2D eigenvalue weighted by Gasteiger charge is -2.34. The van der Waals surface area contributed by atoms with Crippen LogP contribution in [0, 0.1) is 0 Å². The second-order valence-electron chi connectivity index (χ2n) is 6.24. The second-order valence-corrected chi connectivity index (χ2v) is 6.68. The first-order chi connectivity index (χ1) is 12.6. The predicted octanol–water partition coefficient (Wildman–Crippen LogP) is 3.68. The Morgan fingerprint density at radius 1 is 0.846 bits per heavy atom. The summed E-state index contributed by atoms with van der Waals surface area (Å²) in [5.41, 5.74) is 1.30. The van der Waals surface area contributed by atoms with Crippen LogP contribution in [0.4, 0.5) is 0 Å². The van der Waals surface area contributed by atoms with E-state index in [1.807, 2.05) is 18.2 Å². The van der Waals surface area contributed by atoms with E-state index >= 15 is 0 Å². The zero-order valence-corrected chi connectivity index (χ0v) is 14.8. The number of furan rings is 1. The molecule has 0 aliphatic carbocycles. The Balaban J connectivity index is 1.43. The predicted molar refractivity (Wildman–Crippen MR) is 99.5 cm³/mol.